The highest BCUT2D eigenvalue weighted by Gasteiger charge is 2.44. The van der Waals surface area contributed by atoms with Gasteiger partial charge in [0.2, 0.25) is 0 Å². The summed E-state index contributed by atoms with van der Waals surface area (Å²) in [5.41, 5.74) is -2.59. The Labute approximate surface area is 170 Å². The summed E-state index contributed by atoms with van der Waals surface area (Å²) < 4.78 is 10.7. The Morgan fingerprint density at radius 1 is 0.679 bits per heavy atom. The van der Waals surface area contributed by atoms with E-state index >= 15 is 0 Å². The summed E-state index contributed by atoms with van der Waals surface area (Å²) in [6, 6.07) is 0. The lowest BCUT2D eigenvalue weighted by Crippen LogP contribution is -2.45. The molecule has 0 aromatic heterocycles. The maximum Gasteiger partial charge on any atom is 0.508 e. The standard InChI is InChI=1S/C21H42O7/c1-13(11-18(3,4)20(7,8)15(22)23)27-17(26)28-14(2)12-19(5,6)21(9,10)16(24)25/h13-16,22-25H,11-12H2,1-10H3. The van der Waals surface area contributed by atoms with Gasteiger partial charge in [-0.05, 0) is 37.5 Å². The van der Waals surface area contributed by atoms with Crippen molar-refractivity contribution in [3.05, 3.63) is 0 Å². The molecule has 0 aliphatic rings. The van der Waals surface area contributed by atoms with Crippen LogP contribution in [0.25, 0.3) is 0 Å². The fourth-order valence-electron chi connectivity index (χ4n) is 3.10. The molecule has 0 bridgehead atoms. The monoisotopic (exact) mass is 406 g/mol. The average molecular weight is 407 g/mol. The highest BCUT2D eigenvalue weighted by Crippen LogP contribution is 2.45. The van der Waals surface area contributed by atoms with Gasteiger partial charge >= 0.3 is 6.16 Å². The van der Waals surface area contributed by atoms with Crippen molar-refractivity contribution in [1.29, 1.82) is 0 Å². The van der Waals surface area contributed by atoms with Crippen molar-refractivity contribution in [2.24, 2.45) is 21.7 Å². The molecule has 7 heteroatoms. The molecule has 0 heterocycles. The van der Waals surface area contributed by atoms with Crippen LogP contribution in [-0.4, -0.2) is 51.4 Å². The topological polar surface area (TPSA) is 116 Å². The number of ether oxygens (including phenoxy) is 2. The molecular weight excluding hydrogens is 364 g/mol. The Bertz CT molecular complexity index is 463. The molecule has 4 N–H and O–H groups in total. The Balaban J connectivity index is 4.82. The van der Waals surface area contributed by atoms with E-state index in [-0.39, 0.29) is 0 Å². The molecule has 2 atom stereocenters. The van der Waals surface area contributed by atoms with Crippen LogP contribution < -0.4 is 0 Å². The van der Waals surface area contributed by atoms with Gasteiger partial charge in [-0.15, -0.1) is 0 Å². The van der Waals surface area contributed by atoms with E-state index in [1.54, 1.807) is 41.5 Å². The van der Waals surface area contributed by atoms with Gasteiger partial charge in [0, 0.05) is 10.8 Å². The number of rotatable bonds is 10. The van der Waals surface area contributed by atoms with Gasteiger partial charge in [0.25, 0.3) is 0 Å². The minimum Gasteiger partial charge on any atom is -0.431 e. The predicted octanol–water partition coefficient (Wildman–Crippen LogP) is 3.42. The molecule has 0 rings (SSSR count). The molecule has 0 saturated heterocycles. The molecule has 0 aliphatic carbocycles. The SMILES string of the molecule is CC(CC(C)(C)C(C)(C)C(O)O)OC(=O)OC(C)CC(C)(C)C(C)(C)C(O)O. The number of aliphatic hydroxyl groups is 4. The maximum absolute atomic E-state index is 12.2. The summed E-state index contributed by atoms with van der Waals surface area (Å²) in [5, 5.41) is 38.5. The molecule has 0 aromatic carbocycles. The molecule has 0 fully saturated rings. The van der Waals surface area contributed by atoms with Gasteiger partial charge in [0.1, 0.15) is 12.2 Å². The van der Waals surface area contributed by atoms with Crippen LogP contribution in [0.2, 0.25) is 0 Å². The third-order valence-corrected chi connectivity index (χ3v) is 6.97. The fraction of sp³-hybridized carbons (Fsp3) is 0.952. The van der Waals surface area contributed by atoms with Crippen LogP contribution in [0.15, 0.2) is 0 Å². The van der Waals surface area contributed by atoms with Crippen molar-refractivity contribution in [2.75, 3.05) is 0 Å². The van der Waals surface area contributed by atoms with Crippen molar-refractivity contribution >= 4 is 6.16 Å². The molecule has 0 amide bonds. The maximum atomic E-state index is 12.2. The zero-order valence-corrected chi connectivity index (χ0v) is 19.2. The molecule has 0 aliphatic heterocycles. The minimum absolute atomic E-state index is 0.427. The Morgan fingerprint density at radius 2 is 0.929 bits per heavy atom. The first-order valence-corrected chi connectivity index (χ1v) is 9.87. The second-order valence-electron chi connectivity index (χ2n) is 10.5. The van der Waals surface area contributed by atoms with Gasteiger partial charge in [0.05, 0.1) is 0 Å². The lowest BCUT2D eigenvalue weighted by atomic mass is 9.65. The van der Waals surface area contributed by atoms with Crippen molar-refractivity contribution in [3.8, 4) is 0 Å². The van der Waals surface area contributed by atoms with Crippen LogP contribution >= 0.6 is 0 Å². The lowest BCUT2D eigenvalue weighted by Gasteiger charge is -2.44. The van der Waals surface area contributed by atoms with Crippen molar-refractivity contribution < 1.29 is 34.7 Å². The van der Waals surface area contributed by atoms with Gasteiger partial charge < -0.3 is 29.9 Å². The lowest BCUT2D eigenvalue weighted by molar-refractivity contribution is -0.172. The molecule has 0 aromatic rings. The van der Waals surface area contributed by atoms with Crippen molar-refractivity contribution in [2.45, 2.75) is 107 Å². The molecule has 0 saturated carbocycles. The number of carbonyl (C=O) groups is 1. The smallest absolute Gasteiger partial charge is 0.431 e. The summed E-state index contributed by atoms with van der Waals surface area (Å²) in [5.74, 6) is 0. The summed E-state index contributed by atoms with van der Waals surface area (Å²) in [7, 11) is 0. The Hall–Kier alpha value is -0.890. The van der Waals surface area contributed by atoms with E-state index in [2.05, 4.69) is 0 Å². The number of hydrogen-bond acceptors (Lipinski definition) is 7. The van der Waals surface area contributed by atoms with Crippen molar-refractivity contribution in [3.63, 3.8) is 0 Å². The van der Waals surface area contributed by atoms with Gasteiger partial charge in [-0.25, -0.2) is 4.79 Å². The van der Waals surface area contributed by atoms with Crippen molar-refractivity contribution in [1.82, 2.24) is 0 Å². The number of carbonyl (C=O) groups excluding carboxylic acids is 1. The predicted molar refractivity (Wildman–Crippen MR) is 107 cm³/mol. The molecule has 168 valence electrons. The molecule has 28 heavy (non-hydrogen) atoms. The first-order chi connectivity index (χ1) is 12.3. The molecule has 2 unspecified atom stereocenters. The normalized spacial score (nSPS) is 16.3. The summed E-state index contributed by atoms with van der Waals surface area (Å²) in [6.07, 6.45) is -3.88. The Morgan fingerprint density at radius 3 is 1.14 bits per heavy atom. The summed E-state index contributed by atoms with van der Waals surface area (Å²) in [6.45, 7) is 18.1. The average Bonchev–Trinajstić information content (AvgIpc) is 2.44. The van der Waals surface area contributed by atoms with Crippen LogP contribution in [0.3, 0.4) is 0 Å². The van der Waals surface area contributed by atoms with Crippen LogP contribution in [0.1, 0.15) is 82.1 Å². The number of hydrogen-bond donors (Lipinski definition) is 4. The zero-order valence-electron chi connectivity index (χ0n) is 19.2. The zero-order chi connectivity index (χ0) is 22.7. The van der Waals surface area contributed by atoms with Gasteiger partial charge in [-0.1, -0.05) is 55.4 Å². The summed E-state index contributed by atoms with van der Waals surface area (Å²) in [4.78, 5) is 12.2. The van der Waals surface area contributed by atoms with E-state index in [1.165, 1.54) is 0 Å². The van der Waals surface area contributed by atoms with E-state index < -0.39 is 52.6 Å². The molecular formula is C21H42O7. The minimum atomic E-state index is -1.49. The van der Waals surface area contributed by atoms with Crippen LogP contribution in [0, 0.1) is 21.7 Å². The first-order valence-electron chi connectivity index (χ1n) is 9.87. The molecule has 0 spiro atoms. The largest absolute Gasteiger partial charge is 0.508 e. The highest BCUT2D eigenvalue weighted by atomic mass is 16.7. The fourth-order valence-corrected chi connectivity index (χ4v) is 3.10. The van der Waals surface area contributed by atoms with E-state index in [9.17, 15) is 25.2 Å². The third-order valence-electron chi connectivity index (χ3n) is 6.97. The van der Waals surface area contributed by atoms with Crippen LogP contribution in [0.5, 0.6) is 0 Å². The summed E-state index contributed by atoms with van der Waals surface area (Å²) >= 11 is 0. The first kappa shape index (κ1) is 27.1. The van der Waals surface area contributed by atoms with Crippen LogP contribution in [-0.2, 0) is 9.47 Å². The second kappa shape index (κ2) is 9.28. The van der Waals surface area contributed by atoms with E-state index in [0.717, 1.165) is 0 Å². The molecule has 7 nitrogen and oxygen atoms in total. The molecule has 0 radical (unpaired) electrons. The third kappa shape index (κ3) is 6.58. The van der Waals surface area contributed by atoms with Gasteiger partial charge in [-0.3, -0.25) is 0 Å². The quantitative estimate of drug-likeness (QED) is 0.324. The van der Waals surface area contributed by atoms with Gasteiger partial charge in [-0.2, -0.15) is 0 Å². The van der Waals surface area contributed by atoms with E-state index in [4.69, 9.17) is 9.47 Å². The van der Waals surface area contributed by atoms with Gasteiger partial charge in [0.15, 0.2) is 12.6 Å². The highest BCUT2D eigenvalue weighted by molar-refractivity contribution is 5.60. The van der Waals surface area contributed by atoms with E-state index in [0.29, 0.717) is 12.8 Å². The van der Waals surface area contributed by atoms with E-state index in [1.807, 2.05) is 27.7 Å². The number of aliphatic hydroxyl groups excluding tert-OH is 2. The van der Waals surface area contributed by atoms with Crippen LogP contribution in [0.4, 0.5) is 4.79 Å². The Kier molecular flexibility index (Phi) is 8.99. The second-order valence-corrected chi connectivity index (χ2v) is 10.5.